The summed E-state index contributed by atoms with van der Waals surface area (Å²) in [5, 5.41) is 11.8. The van der Waals surface area contributed by atoms with Gasteiger partial charge in [-0.05, 0) is 44.0 Å². The van der Waals surface area contributed by atoms with Crippen molar-refractivity contribution in [3.8, 4) is 5.75 Å². The van der Waals surface area contributed by atoms with Crippen molar-refractivity contribution in [3.05, 3.63) is 29.8 Å². The van der Waals surface area contributed by atoms with Crippen LogP contribution in [0.4, 0.5) is 0 Å². The molecule has 0 aliphatic rings. The maximum absolute atomic E-state index is 10.4. The molecule has 0 aromatic heterocycles. The van der Waals surface area contributed by atoms with E-state index in [1.165, 1.54) is 5.56 Å². The average molecular weight is 251 g/mol. The Morgan fingerprint density at radius 1 is 1.39 bits per heavy atom. The van der Waals surface area contributed by atoms with Crippen LogP contribution >= 0.6 is 0 Å². The Morgan fingerprint density at radius 3 is 2.61 bits per heavy atom. The van der Waals surface area contributed by atoms with Crippen LogP contribution in [0.1, 0.15) is 25.3 Å². The van der Waals surface area contributed by atoms with Crippen molar-refractivity contribution in [2.75, 3.05) is 13.7 Å². The molecule has 4 heteroatoms. The summed E-state index contributed by atoms with van der Waals surface area (Å²) in [6.07, 6.45) is 1.82. The van der Waals surface area contributed by atoms with Crippen molar-refractivity contribution in [1.29, 1.82) is 0 Å². The van der Waals surface area contributed by atoms with Gasteiger partial charge < -0.3 is 15.2 Å². The predicted octanol–water partition coefficient (Wildman–Crippen LogP) is 2.08. The number of carboxylic acids is 1. The molecule has 1 rings (SSSR count). The molecule has 4 nitrogen and oxygen atoms in total. The molecule has 0 saturated carbocycles. The van der Waals surface area contributed by atoms with Gasteiger partial charge in [-0.15, -0.1) is 0 Å². The highest BCUT2D eigenvalue weighted by molar-refractivity contribution is 5.66. The molecule has 100 valence electrons. The van der Waals surface area contributed by atoms with Crippen LogP contribution < -0.4 is 10.1 Å². The summed E-state index contributed by atoms with van der Waals surface area (Å²) in [5.41, 5.74) is 1.24. The number of hydrogen-bond donors (Lipinski definition) is 2. The summed E-state index contributed by atoms with van der Waals surface area (Å²) >= 11 is 0. The highest BCUT2D eigenvalue weighted by atomic mass is 16.5. The monoisotopic (exact) mass is 251 g/mol. The van der Waals surface area contributed by atoms with Crippen LogP contribution in [-0.2, 0) is 11.2 Å². The van der Waals surface area contributed by atoms with Gasteiger partial charge in [0.2, 0.25) is 0 Å². The number of methoxy groups -OCH3 is 1. The number of ether oxygens (including phenoxy) is 1. The van der Waals surface area contributed by atoms with Gasteiger partial charge in [0.15, 0.2) is 0 Å². The first kappa shape index (κ1) is 14.5. The second-order valence-corrected chi connectivity index (χ2v) is 4.40. The van der Waals surface area contributed by atoms with E-state index < -0.39 is 5.97 Å². The molecular weight excluding hydrogens is 230 g/mol. The lowest BCUT2D eigenvalue weighted by Crippen LogP contribution is -2.29. The van der Waals surface area contributed by atoms with Crippen molar-refractivity contribution in [2.24, 2.45) is 0 Å². The van der Waals surface area contributed by atoms with E-state index in [1.807, 2.05) is 24.3 Å². The second kappa shape index (κ2) is 7.71. The van der Waals surface area contributed by atoms with Crippen LogP contribution in [0.25, 0.3) is 0 Å². The number of carbonyl (C=O) groups is 1. The third kappa shape index (κ3) is 5.68. The third-order valence-electron chi connectivity index (χ3n) is 2.76. The SMILES string of the molecule is COc1ccc(CC(C)NCCCC(=O)O)cc1. The molecule has 2 N–H and O–H groups in total. The molecule has 1 aromatic carbocycles. The van der Waals surface area contributed by atoms with E-state index in [2.05, 4.69) is 12.2 Å². The molecule has 0 bridgehead atoms. The van der Waals surface area contributed by atoms with Crippen molar-refractivity contribution < 1.29 is 14.6 Å². The van der Waals surface area contributed by atoms with Gasteiger partial charge in [0.1, 0.15) is 5.75 Å². The van der Waals surface area contributed by atoms with Gasteiger partial charge in [-0.25, -0.2) is 0 Å². The number of hydrogen-bond acceptors (Lipinski definition) is 3. The van der Waals surface area contributed by atoms with Crippen LogP contribution in [0.3, 0.4) is 0 Å². The zero-order valence-corrected chi connectivity index (χ0v) is 11.0. The van der Waals surface area contributed by atoms with Gasteiger partial charge in [0.05, 0.1) is 7.11 Å². The Morgan fingerprint density at radius 2 is 2.06 bits per heavy atom. The Hall–Kier alpha value is -1.55. The fraction of sp³-hybridized carbons (Fsp3) is 0.500. The standard InChI is InChI=1S/C14H21NO3/c1-11(15-9-3-4-14(16)17)10-12-5-7-13(18-2)8-6-12/h5-8,11,15H,3-4,9-10H2,1-2H3,(H,16,17). The first-order chi connectivity index (χ1) is 8.61. The zero-order valence-electron chi connectivity index (χ0n) is 11.0. The minimum absolute atomic E-state index is 0.224. The lowest BCUT2D eigenvalue weighted by atomic mass is 10.1. The van der Waals surface area contributed by atoms with Crippen molar-refractivity contribution in [1.82, 2.24) is 5.32 Å². The molecule has 1 unspecified atom stereocenters. The molecule has 0 aliphatic carbocycles. The highest BCUT2D eigenvalue weighted by Gasteiger charge is 2.04. The second-order valence-electron chi connectivity index (χ2n) is 4.40. The van der Waals surface area contributed by atoms with Gasteiger partial charge in [-0.1, -0.05) is 12.1 Å². The molecule has 0 aliphatic heterocycles. The Bertz CT molecular complexity index is 362. The Labute approximate surface area is 108 Å². The topological polar surface area (TPSA) is 58.6 Å². The maximum Gasteiger partial charge on any atom is 0.303 e. The fourth-order valence-corrected chi connectivity index (χ4v) is 1.78. The molecule has 0 amide bonds. The molecule has 1 aromatic rings. The molecule has 18 heavy (non-hydrogen) atoms. The van der Waals surface area contributed by atoms with Gasteiger partial charge in [0, 0.05) is 12.5 Å². The lowest BCUT2D eigenvalue weighted by Gasteiger charge is -2.13. The van der Waals surface area contributed by atoms with E-state index in [1.54, 1.807) is 7.11 Å². The minimum Gasteiger partial charge on any atom is -0.497 e. The number of benzene rings is 1. The molecule has 0 fully saturated rings. The number of nitrogens with one attached hydrogen (secondary N) is 1. The van der Waals surface area contributed by atoms with Crippen LogP contribution in [0.2, 0.25) is 0 Å². The molecule has 1 atom stereocenters. The smallest absolute Gasteiger partial charge is 0.303 e. The first-order valence-electron chi connectivity index (χ1n) is 6.20. The van der Waals surface area contributed by atoms with Gasteiger partial charge in [0.25, 0.3) is 0 Å². The first-order valence-corrected chi connectivity index (χ1v) is 6.20. The van der Waals surface area contributed by atoms with Crippen LogP contribution in [0.15, 0.2) is 24.3 Å². The van der Waals surface area contributed by atoms with Gasteiger partial charge in [-0.3, -0.25) is 4.79 Å². The minimum atomic E-state index is -0.736. The third-order valence-corrected chi connectivity index (χ3v) is 2.76. The molecule has 0 heterocycles. The summed E-state index contributed by atoms with van der Waals surface area (Å²) in [5.74, 6) is 0.125. The highest BCUT2D eigenvalue weighted by Crippen LogP contribution is 2.12. The fourth-order valence-electron chi connectivity index (χ4n) is 1.78. The van der Waals surface area contributed by atoms with E-state index in [-0.39, 0.29) is 6.42 Å². The number of aliphatic carboxylic acids is 1. The quantitative estimate of drug-likeness (QED) is 0.694. The van der Waals surface area contributed by atoms with Crippen molar-refractivity contribution >= 4 is 5.97 Å². The summed E-state index contributed by atoms with van der Waals surface area (Å²) in [4.78, 5) is 10.4. The number of carboxylic acid groups (broad SMARTS) is 1. The largest absolute Gasteiger partial charge is 0.497 e. The number of rotatable bonds is 8. The van der Waals surface area contributed by atoms with Gasteiger partial charge in [-0.2, -0.15) is 0 Å². The van der Waals surface area contributed by atoms with Crippen LogP contribution in [-0.4, -0.2) is 30.8 Å². The van der Waals surface area contributed by atoms with Crippen LogP contribution in [0.5, 0.6) is 5.75 Å². The molecular formula is C14H21NO3. The predicted molar refractivity (Wildman–Crippen MR) is 71.0 cm³/mol. The van der Waals surface area contributed by atoms with Gasteiger partial charge >= 0.3 is 5.97 Å². The summed E-state index contributed by atoms with van der Waals surface area (Å²) in [6.45, 7) is 2.84. The van der Waals surface area contributed by atoms with Crippen molar-refractivity contribution in [3.63, 3.8) is 0 Å². The molecule has 0 spiro atoms. The summed E-state index contributed by atoms with van der Waals surface area (Å²) in [7, 11) is 1.65. The van der Waals surface area contributed by atoms with E-state index in [0.717, 1.165) is 18.7 Å². The molecule has 0 saturated heterocycles. The van der Waals surface area contributed by atoms with E-state index in [4.69, 9.17) is 9.84 Å². The van der Waals surface area contributed by atoms with E-state index in [9.17, 15) is 4.79 Å². The Balaban J connectivity index is 2.26. The van der Waals surface area contributed by atoms with Crippen molar-refractivity contribution in [2.45, 2.75) is 32.2 Å². The van der Waals surface area contributed by atoms with E-state index in [0.29, 0.717) is 12.5 Å². The summed E-state index contributed by atoms with van der Waals surface area (Å²) in [6, 6.07) is 8.34. The average Bonchev–Trinajstić information content (AvgIpc) is 2.35. The van der Waals surface area contributed by atoms with E-state index >= 15 is 0 Å². The zero-order chi connectivity index (χ0) is 13.4. The van der Waals surface area contributed by atoms with Crippen LogP contribution in [0, 0.1) is 0 Å². The Kier molecular flexibility index (Phi) is 6.22. The summed E-state index contributed by atoms with van der Waals surface area (Å²) < 4.78 is 5.10. The molecule has 0 radical (unpaired) electrons. The maximum atomic E-state index is 10.4. The normalized spacial score (nSPS) is 12.1. The lowest BCUT2D eigenvalue weighted by molar-refractivity contribution is -0.137.